The van der Waals surface area contributed by atoms with Crippen molar-refractivity contribution in [2.75, 3.05) is 13.2 Å². The average molecular weight is 384 g/mol. The first kappa shape index (κ1) is 18.0. The average Bonchev–Trinajstić information content (AvgIpc) is 2.39. The molecule has 9 heteroatoms. The molecule has 0 amide bonds. The fourth-order valence-electron chi connectivity index (χ4n) is 1.57. The molecule has 0 aliphatic carbocycles. The van der Waals surface area contributed by atoms with Crippen LogP contribution in [0.3, 0.4) is 0 Å². The topological polar surface area (TPSA) is 104 Å². The van der Waals surface area contributed by atoms with Crippen LogP contribution in [0.2, 0.25) is 0 Å². The van der Waals surface area contributed by atoms with Gasteiger partial charge < -0.3 is 10.2 Å². The molecule has 21 heavy (non-hydrogen) atoms. The number of carbonyl (C=O) groups is 1. The van der Waals surface area contributed by atoms with Gasteiger partial charge in [0.1, 0.15) is 4.90 Å². The van der Waals surface area contributed by atoms with Crippen LogP contribution in [0.1, 0.15) is 23.7 Å². The molecule has 3 N–H and O–H groups in total. The maximum absolute atomic E-state index is 14.0. The molecule has 1 rings (SSSR count). The molecule has 0 bridgehead atoms. The van der Waals surface area contributed by atoms with Gasteiger partial charge in [0.25, 0.3) is 0 Å². The van der Waals surface area contributed by atoms with Crippen LogP contribution < -0.4 is 4.72 Å². The second-order valence-corrected chi connectivity index (χ2v) is 7.19. The lowest BCUT2D eigenvalue weighted by molar-refractivity contribution is 0.0691. The third-order valence-electron chi connectivity index (χ3n) is 2.77. The molecule has 6 nitrogen and oxygen atoms in total. The van der Waals surface area contributed by atoms with Gasteiger partial charge in [-0.2, -0.15) is 0 Å². The van der Waals surface area contributed by atoms with Gasteiger partial charge in [-0.15, -0.1) is 0 Å². The van der Waals surface area contributed by atoms with Gasteiger partial charge in [-0.05, 0) is 24.5 Å². The Morgan fingerprint density at radius 1 is 1.48 bits per heavy atom. The molecule has 0 aliphatic heterocycles. The zero-order valence-corrected chi connectivity index (χ0v) is 13.5. The number of nitrogens with one attached hydrogen (secondary N) is 1. The van der Waals surface area contributed by atoms with Gasteiger partial charge in [-0.1, -0.05) is 22.9 Å². The highest BCUT2D eigenvalue weighted by Gasteiger charge is 2.25. The maximum Gasteiger partial charge on any atom is 0.338 e. The minimum Gasteiger partial charge on any atom is -0.478 e. The Labute approximate surface area is 130 Å². The molecule has 0 saturated carbocycles. The molecule has 1 unspecified atom stereocenters. The maximum atomic E-state index is 14.0. The summed E-state index contributed by atoms with van der Waals surface area (Å²) in [5, 5.41) is 17.6. The number of aromatic carboxylic acids is 1. The van der Waals surface area contributed by atoms with Crippen molar-refractivity contribution in [1.82, 2.24) is 4.72 Å². The third kappa shape index (κ3) is 4.73. The summed E-state index contributed by atoms with van der Waals surface area (Å²) >= 11 is 2.96. The predicted molar refractivity (Wildman–Crippen MR) is 77.1 cm³/mol. The van der Waals surface area contributed by atoms with Gasteiger partial charge >= 0.3 is 5.97 Å². The first-order chi connectivity index (χ1) is 9.69. The van der Waals surface area contributed by atoms with E-state index in [4.69, 9.17) is 10.2 Å². The van der Waals surface area contributed by atoms with Gasteiger partial charge in [0, 0.05) is 17.6 Å². The van der Waals surface area contributed by atoms with E-state index in [0.717, 1.165) is 12.1 Å². The van der Waals surface area contributed by atoms with E-state index in [2.05, 4.69) is 20.7 Å². The lowest BCUT2D eigenvalue weighted by Gasteiger charge is -2.13. The molecular formula is C12H15BrFNO5S. The standard InChI is InChI=1S/C12H15BrFNO5S/c1-7(2-3-16)6-15-21(19,20)10-5-8(13)4-9(11(10)14)12(17)18/h4-5,7,15-16H,2-3,6H2,1H3,(H,17,18). The lowest BCUT2D eigenvalue weighted by Crippen LogP contribution is -2.30. The predicted octanol–water partition coefficient (Wildman–Crippen LogP) is 1.58. The van der Waals surface area contributed by atoms with E-state index in [1.807, 2.05) is 0 Å². The van der Waals surface area contributed by atoms with Gasteiger partial charge in [0.15, 0.2) is 5.82 Å². The SMILES string of the molecule is CC(CCO)CNS(=O)(=O)c1cc(Br)cc(C(=O)O)c1F. The highest BCUT2D eigenvalue weighted by atomic mass is 79.9. The molecule has 0 aromatic heterocycles. The third-order valence-corrected chi connectivity index (χ3v) is 4.65. The highest BCUT2D eigenvalue weighted by molar-refractivity contribution is 9.10. The van der Waals surface area contributed by atoms with Crippen LogP contribution in [0.25, 0.3) is 0 Å². The van der Waals surface area contributed by atoms with Crippen molar-refractivity contribution in [3.63, 3.8) is 0 Å². The minimum absolute atomic E-state index is 0.0112. The van der Waals surface area contributed by atoms with Gasteiger partial charge in [0.2, 0.25) is 10.0 Å². The highest BCUT2D eigenvalue weighted by Crippen LogP contribution is 2.24. The normalized spacial score (nSPS) is 13.1. The van der Waals surface area contributed by atoms with Crippen LogP contribution in [-0.4, -0.2) is 37.8 Å². The summed E-state index contributed by atoms with van der Waals surface area (Å²) in [6.45, 7) is 1.65. The Balaban J connectivity index is 3.11. The second-order valence-electron chi connectivity index (χ2n) is 4.54. The van der Waals surface area contributed by atoms with Crippen LogP contribution in [0.4, 0.5) is 4.39 Å². The van der Waals surface area contributed by atoms with Crippen LogP contribution in [0.15, 0.2) is 21.5 Å². The molecule has 1 aromatic carbocycles. The molecule has 1 atom stereocenters. The molecule has 0 heterocycles. The number of carboxylic acids is 1. The van der Waals surface area contributed by atoms with Crippen molar-refractivity contribution in [3.8, 4) is 0 Å². The largest absolute Gasteiger partial charge is 0.478 e. The molecular weight excluding hydrogens is 369 g/mol. The van der Waals surface area contributed by atoms with E-state index < -0.39 is 32.3 Å². The number of aliphatic hydroxyl groups excluding tert-OH is 1. The number of rotatable bonds is 7. The molecule has 0 spiro atoms. The summed E-state index contributed by atoms with van der Waals surface area (Å²) in [6, 6.07) is 1.99. The summed E-state index contributed by atoms with van der Waals surface area (Å²) in [5.74, 6) is -3.01. The Morgan fingerprint density at radius 3 is 2.62 bits per heavy atom. The van der Waals surface area contributed by atoms with E-state index in [0.29, 0.717) is 6.42 Å². The lowest BCUT2D eigenvalue weighted by atomic mass is 10.1. The number of halogens is 2. The first-order valence-corrected chi connectivity index (χ1v) is 8.29. The smallest absolute Gasteiger partial charge is 0.338 e. The van der Waals surface area contributed by atoms with Crippen molar-refractivity contribution in [1.29, 1.82) is 0 Å². The van der Waals surface area contributed by atoms with Crippen LogP contribution in [0.5, 0.6) is 0 Å². The number of hydrogen-bond acceptors (Lipinski definition) is 4. The number of hydrogen-bond donors (Lipinski definition) is 3. The van der Waals surface area contributed by atoms with E-state index >= 15 is 0 Å². The summed E-state index contributed by atoms with van der Waals surface area (Å²) in [6.07, 6.45) is 0.393. The van der Waals surface area contributed by atoms with Crippen molar-refractivity contribution in [2.24, 2.45) is 5.92 Å². The van der Waals surface area contributed by atoms with Gasteiger partial charge in [-0.3, -0.25) is 0 Å². The molecule has 0 aliphatic rings. The molecule has 1 aromatic rings. The minimum atomic E-state index is -4.18. The van der Waals surface area contributed by atoms with Crippen molar-refractivity contribution in [3.05, 3.63) is 28.0 Å². The van der Waals surface area contributed by atoms with Crippen LogP contribution in [0, 0.1) is 11.7 Å². The Morgan fingerprint density at radius 2 is 2.10 bits per heavy atom. The molecule has 0 saturated heterocycles. The zero-order chi connectivity index (χ0) is 16.2. The van der Waals surface area contributed by atoms with Gasteiger partial charge in [0.05, 0.1) is 5.56 Å². The number of benzene rings is 1. The monoisotopic (exact) mass is 383 g/mol. The quantitative estimate of drug-likeness (QED) is 0.662. The van der Waals surface area contributed by atoms with Crippen molar-refractivity contribution in [2.45, 2.75) is 18.2 Å². The molecule has 0 fully saturated rings. The van der Waals surface area contributed by atoms with E-state index in [9.17, 15) is 17.6 Å². The number of carboxylic acid groups (broad SMARTS) is 1. The van der Waals surface area contributed by atoms with E-state index in [1.165, 1.54) is 0 Å². The number of sulfonamides is 1. The fraction of sp³-hybridized carbons (Fsp3) is 0.417. The van der Waals surface area contributed by atoms with Crippen LogP contribution >= 0.6 is 15.9 Å². The van der Waals surface area contributed by atoms with Crippen molar-refractivity contribution >= 4 is 31.9 Å². The Bertz CT molecular complexity index is 635. The Kier molecular flexibility index (Phi) is 6.26. The van der Waals surface area contributed by atoms with E-state index in [-0.39, 0.29) is 23.5 Å². The summed E-state index contributed by atoms with van der Waals surface area (Å²) in [7, 11) is -4.18. The summed E-state index contributed by atoms with van der Waals surface area (Å²) in [5.41, 5.74) is -0.729. The zero-order valence-electron chi connectivity index (χ0n) is 11.1. The number of aliphatic hydroxyl groups is 1. The second kappa shape index (κ2) is 7.30. The van der Waals surface area contributed by atoms with Crippen molar-refractivity contribution < 1.29 is 27.8 Å². The molecule has 118 valence electrons. The summed E-state index contributed by atoms with van der Waals surface area (Å²) < 4.78 is 40.5. The van der Waals surface area contributed by atoms with Crippen LogP contribution in [-0.2, 0) is 10.0 Å². The summed E-state index contributed by atoms with van der Waals surface area (Å²) in [4.78, 5) is 10.2. The molecule has 0 radical (unpaired) electrons. The van der Waals surface area contributed by atoms with E-state index in [1.54, 1.807) is 6.92 Å². The first-order valence-electron chi connectivity index (χ1n) is 6.02. The fourth-order valence-corrected chi connectivity index (χ4v) is 3.46. The van der Waals surface area contributed by atoms with Gasteiger partial charge in [-0.25, -0.2) is 22.3 Å². The Hall–Kier alpha value is -1.03.